The van der Waals surface area contributed by atoms with Gasteiger partial charge in [-0.25, -0.2) is 4.39 Å². The molecule has 2 aromatic rings. The molecule has 1 aromatic heterocycles. The first-order valence-corrected chi connectivity index (χ1v) is 4.65. The van der Waals surface area contributed by atoms with Gasteiger partial charge in [0.25, 0.3) is 0 Å². The zero-order chi connectivity index (χ0) is 10.3. The molecule has 0 aliphatic heterocycles. The summed E-state index contributed by atoms with van der Waals surface area (Å²) < 4.78 is 18.5. The molecule has 1 aromatic carbocycles. The van der Waals surface area contributed by atoms with Crippen LogP contribution in [0.5, 0.6) is 0 Å². The maximum absolute atomic E-state index is 13.5. The average molecular weight is 193 g/mol. The van der Waals surface area contributed by atoms with Crippen molar-refractivity contribution in [2.45, 2.75) is 26.7 Å². The molecule has 3 heteroatoms. The minimum Gasteiger partial charge on any atom is -0.356 e. The standard InChI is InChI=1S/C11H12FNO/c1-6(2)8-4-9-7(3)13-14-11(9)5-10(8)12/h4-6H,1-3H3. The van der Waals surface area contributed by atoms with Gasteiger partial charge in [0.2, 0.25) is 0 Å². The van der Waals surface area contributed by atoms with Crippen LogP contribution in [0.25, 0.3) is 11.0 Å². The van der Waals surface area contributed by atoms with E-state index in [2.05, 4.69) is 5.16 Å². The third-order valence-electron chi connectivity index (χ3n) is 2.39. The van der Waals surface area contributed by atoms with Crippen molar-refractivity contribution in [1.82, 2.24) is 5.16 Å². The molecule has 74 valence electrons. The van der Waals surface area contributed by atoms with E-state index >= 15 is 0 Å². The number of rotatable bonds is 1. The number of aryl methyl sites for hydroxylation is 1. The van der Waals surface area contributed by atoms with Gasteiger partial charge in [0.1, 0.15) is 5.82 Å². The van der Waals surface area contributed by atoms with Crippen molar-refractivity contribution in [1.29, 1.82) is 0 Å². The number of benzene rings is 1. The summed E-state index contributed by atoms with van der Waals surface area (Å²) in [4.78, 5) is 0. The average Bonchev–Trinajstić information content (AvgIpc) is 2.46. The molecule has 0 aliphatic rings. The summed E-state index contributed by atoms with van der Waals surface area (Å²) >= 11 is 0. The highest BCUT2D eigenvalue weighted by Crippen LogP contribution is 2.26. The molecule has 0 radical (unpaired) electrons. The minimum atomic E-state index is -0.219. The third-order valence-corrected chi connectivity index (χ3v) is 2.39. The molecule has 1 heterocycles. The van der Waals surface area contributed by atoms with Crippen molar-refractivity contribution in [3.8, 4) is 0 Å². The monoisotopic (exact) mass is 193 g/mol. The lowest BCUT2D eigenvalue weighted by atomic mass is 10.0. The van der Waals surface area contributed by atoms with Crippen LogP contribution < -0.4 is 0 Å². The molecule has 0 bridgehead atoms. The Morgan fingerprint density at radius 3 is 2.71 bits per heavy atom. The van der Waals surface area contributed by atoms with Crippen LogP contribution in [-0.4, -0.2) is 5.16 Å². The summed E-state index contributed by atoms with van der Waals surface area (Å²) in [5, 5.41) is 4.69. The second kappa shape index (κ2) is 3.08. The van der Waals surface area contributed by atoms with Gasteiger partial charge in [-0.3, -0.25) is 0 Å². The summed E-state index contributed by atoms with van der Waals surface area (Å²) in [5.41, 5.74) is 2.04. The van der Waals surface area contributed by atoms with E-state index in [4.69, 9.17) is 4.52 Å². The Kier molecular flexibility index (Phi) is 2.02. The third kappa shape index (κ3) is 1.29. The van der Waals surface area contributed by atoms with E-state index in [1.807, 2.05) is 26.8 Å². The Bertz CT molecular complexity index is 473. The molecule has 0 atom stereocenters. The highest BCUT2D eigenvalue weighted by atomic mass is 19.1. The molecule has 0 unspecified atom stereocenters. The van der Waals surface area contributed by atoms with Crippen LogP contribution in [0, 0.1) is 12.7 Å². The fraction of sp³-hybridized carbons (Fsp3) is 0.364. The number of nitrogens with zero attached hydrogens (tertiary/aromatic N) is 1. The summed E-state index contributed by atoms with van der Waals surface area (Å²) in [6.07, 6.45) is 0. The SMILES string of the molecule is Cc1noc2cc(F)c(C(C)C)cc12. The zero-order valence-corrected chi connectivity index (χ0v) is 8.47. The van der Waals surface area contributed by atoms with E-state index in [-0.39, 0.29) is 11.7 Å². The van der Waals surface area contributed by atoms with E-state index in [0.29, 0.717) is 11.1 Å². The number of fused-ring (bicyclic) bond motifs is 1. The maximum Gasteiger partial charge on any atom is 0.170 e. The molecule has 0 fully saturated rings. The minimum absolute atomic E-state index is 0.175. The lowest BCUT2D eigenvalue weighted by molar-refractivity contribution is 0.448. The molecule has 0 saturated carbocycles. The van der Waals surface area contributed by atoms with Gasteiger partial charge in [-0.1, -0.05) is 19.0 Å². The summed E-state index contributed by atoms with van der Waals surface area (Å²) in [5.74, 6) is -0.0441. The van der Waals surface area contributed by atoms with Gasteiger partial charge in [0, 0.05) is 11.5 Å². The first-order chi connectivity index (χ1) is 6.59. The van der Waals surface area contributed by atoms with Crippen molar-refractivity contribution >= 4 is 11.0 Å². The smallest absolute Gasteiger partial charge is 0.170 e. The molecule has 0 aliphatic carbocycles. The molecule has 0 saturated heterocycles. The Balaban J connectivity index is 2.74. The summed E-state index contributed by atoms with van der Waals surface area (Å²) in [6, 6.07) is 3.23. The van der Waals surface area contributed by atoms with Crippen molar-refractivity contribution in [3.63, 3.8) is 0 Å². The van der Waals surface area contributed by atoms with Crippen LogP contribution in [0.1, 0.15) is 31.0 Å². The lowest BCUT2D eigenvalue weighted by Gasteiger charge is -2.05. The highest BCUT2D eigenvalue weighted by molar-refractivity contribution is 5.80. The molecule has 0 amide bonds. The highest BCUT2D eigenvalue weighted by Gasteiger charge is 2.12. The van der Waals surface area contributed by atoms with Gasteiger partial charge < -0.3 is 4.52 Å². The number of hydrogen-bond acceptors (Lipinski definition) is 2. The quantitative estimate of drug-likeness (QED) is 0.693. The Labute approximate surface area is 81.7 Å². The Morgan fingerprint density at radius 1 is 1.36 bits per heavy atom. The number of aromatic nitrogens is 1. The molecule has 0 N–H and O–H groups in total. The number of hydrogen-bond donors (Lipinski definition) is 0. The van der Waals surface area contributed by atoms with Crippen molar-refractivity contribution in [2.24, 2.45) is 0 Å². The lowest BCUT2D eigenvalue weighted by Crippen LogP contribution is -1.92. The molecular formula is C11H12FNO. The molecular weight excluding hydrogens is 181 g/mol. The van der Waals surface area contributed by atoms with E-state index < -0.39 is 0 Å². The fourth-order valence-electron chi connectivity index (χ4n) is 1.54. The van der Waals surface area contributed by atoms with Crippen LogP contribution in [0.3, 0.4) is 0 Å². The largest absolute Gasteiger partial charge is 0.356 e. The molecule has 2 nitrogen and oxygen atoms in total. The maximum atomic E-state index is 13.5. The second-order valence-corrected chi connectivity index (χ2v) is 3.79. The molecule has 0 spiro atoms. The van der Waals surface area contributed by atoms with Crippen molar-refractivity contribution < 1.29 is 8.91 Å². The topological polar surface area (TPSA) is 26.0 Å². The zero-order valence-electron chi connectivity index (χ0n) is 8.47. The first-order valence-electron chi connectivity index (χ1n) is 4.65. The van der Waals surface area contributed by atoms with Crippen molar-refractivity contribution in [2.75, 3.05) is 0 Å². The van der Waals surface area contributed by atoms with E-state index in [1.165, 1.54) is 6.07 Å². The van der Waals surface area contributed by atoms with E-state index in [1.54, 1.807) is 0 Å². The predicted octanol–water partition coefficient (Wildman–Crippen LogP) is 3.40. The van der Waals surface area contributed by atoms with Gasteiger partial charge in [-0.2, -0.15) is 0 Å². The van der Waals surface area contributed by atoms with Crippen LogP contribution in [0.4, 0.5) is 4.39 Å². The van der Waals surface area contributed by atoms with Gasteiger partial charge >= 0.3 is 0 Å². The van der Waals surface area contributed by atoms with Gasteiger partial charge in [-0.15, -0.1) is 0 Å². The van der Waals surface area contributed by atoms with Crippen LogP contribution >= 0.6 is 0 Å². The Morgan fingerprint density at radius 2 is 2.07 bits per heavy atom. The van der Waals surface area contributed by atoms with Crippen LogP contribution in [0.2, 0.25) is 0 Å². The normalized spacial score (nSPS) is 11.5. The van der Waals surface area contributed by atoms with E-state index in [0.717, 1.165) is 11.1 Å². The second-order valence-electron chi connectivity index (χ2n) is 3.79. The van der Waals surface area contributed by atoms with Gasteiger partial charge in [0.05, 0.1) is 5.69 Å². The summed E-state index contributed by atoms with van der Waals surface area (Å²) in [6.45, 7) is 5.79. The fourth-order valence-corrected chi connectivity index (χ4v) is 1.54. The van der Waals surface area contributed by atoms with Crippen LogP contribution in [0.15, 0.2) is 16.7 Å². The predicted molar refractivity (Wildman–Crippen MR) is 52.8 cm³/mol. The summed E-state index contributed by atoms with van der Waals surface area (Å²) in [7, 11) is 0. The van der Waals surface area contributed by atoms with Crippen molar-refractivity contribution in [3.05, 3.63) is 29.2 Å². The molecule has 2 rings (SSSR count). The Hall–Kier alpha value is -1.38. The van der Waals surface area contributed by atoms with Gasteiger partial charge in [-0.05, 0) is 24.5 Å². The first kappa shape index (κ1) is 9.19. The molecule has 14 heavy (non-hydrogen) atoms. The van der Waals surface area contributed by atoms with Gasteiger partial charge in [0.15, 0.2) is 5.58 Å². The number of halogens is 1. The van der Waals surface area contributed by atoms with Crippen LogP contribution in [-0.2, 0) is 0 Å². The van der Waals surface area contributed by atoms with E-state index in [9.17, 15) is 4.39 Å².